The van der Waals surface area contributed by atoms with Crippen LogP contribution in [0.5, 0.6) is 0 Å². The van der Waals surface area contributed by atoms with E-state index in [4.69, 9.17) is 19.7 Å². The minimum Gasteiger partial charge on any atom is -0.510 e. The zero-order valence-corrected chi connectivity index (χ0v) is 22.9. The molecule has 0 saturated heterocycles. The quantitative estimate of drug-likeness (QED) is 0.393. The molecule has 0 fully saturated rings. The number of nitrogens with one attached hydrogen (secondary N) is 1. The van der Waals surface area contributed by atoms with Gasteiger partial charge in [-0.1, -0.05) is 12.7 Å². The number of ether oxygens (including phenoxy) is 1. The van der Waals surface area contributed by atoms with Gasteiger partial charge in [0.2, 0.25) is 0 Å². The second kappa shape index (κ2) is 9.41. The Labute approximate surface area is 235 Å². The maximum absolute atomic E-state index is 13.1. The number of hydrogen-bond donors (Lipinski definition) is 3. The Morgan fingerprint density at radius 3 is 2.39 bits per heavy atom. The van der Waals surface area contributed by atoms with Crippen molar-refractivity contribution < 1.29 is 24.5 Å². The monoisotopic (exact) mass is 546 g/mol. The molecule has 5 aliphatic rings. The van der Waals surface area contributed by atoms with Gasteiger partial charge in [0.1, 0.15) is 11.7 Å². The Balaban J connectivity index is 1.73. The van der Waals surface area contributed by atoms with Crippen molar-refractivity contribution in [2.24, 2.45) is 20.9 Å². The minimum absolute atomic E-state index is 0.179. The number of aromatic amines is 1. The number of carboxylic acids is 1. The van der Waals surface area contributed by atoms with Crippen molar-refractivity contribution in [3.8, 4) is 0 Å². The summed E-state index contributed by atoms with van der Waals surface area (Å²) >= 11 is 0. The third kappa shape index (κ3) is 3.97. The van der Waals surface area contributed by atoms with Crippen LogP contribution in [0.2, 0.25) is 0 Å². The first-order chi connectivity index (χ1) is 19.6. The molecule has 1 aromatic heterocycles. The summed E-state index contributed by atoms with van der Waals surface area (Å²) in [5.74, 6) is -3.16. The van der Waals surface area contributed by atoms with Gasteiger partial charge in [-0.15, -0.1) is 0 Å². The number of nitrogens with zero attached hydrogens (tertiary/aromatic N) is 3. The number of aliphatic imine (C=N–C) groups is 3. The summed E-state index contributed by atoms with van der Waals surface area (Å²) in [6.07, 6.45) is 9.88. The van der Waals surface area contributed by atoms with Crippen LogP contribution in [0, 0.1) is 5.92 Å². The van der Waals surface area contributed by atoms with Gasteiger partial charge in [-0.05, 0) is 73.9 Å². The summed E-state index contributed by atoms with van der Waals surface area (Å²) in [6, 6.07) is 3.87. The van der Waals surface area contributed by atoms with Gasteiger partial charge in [0.25, 0.3) is 0 Å². The molecular weight excluding hydrogens is 520 g/mol. The van der Waals surface area contributed by atoms with E-state index in [1.54, 1.807) is 6.08 Å². The third-order valence-electron chi connectivity index (χ3n) is 7.76. The van der Waals surface area contributed by atoms with Crippen molar-refractivity contribution in [3.05, 3.63) is 116 Å². The molecule has 3 N–H and O–H groups in total. The van der Waals surface area contributed by atoms with E-state index >= 15 is 0 Å². The lowest BCUT2D eigenvalue weighted by atomic mass is 9.93. The molecule has 9 nitrogen and oxygen atoms in total. The van der Waals surface area contributed by atoms with Crippen molar-refractivity contribution in [2.45, 2.75) is 20.8 Å². The fourth-order valence-corrected chi connectivity index (χ4v) is 5.65. The molecule has 6 rings (SSSR count). The third-order valence-corrected chi connectivity index (χ3v) is 7.76. The zero-order valence-electron chi connectivity index (χ0n) is 22.9. The Bertz CT molecular complexity index is 1960. The average molecular weight is 547 g/mol. The van der Waals surface area contributed by atoms with Gasteiger partial charge in [-0.3, -0.25) is 4.79 Å². The summed E-state index contributed by atoms with van der Waals surface area (Å²) < 4.78 is 5.08. The van der Waals surface area contributed by atoms with Crippen LogP contribution in [0.15, 0.2) is 120 Å². The molecule has 0 radical (unpaired) electrons. The highest BCUT2D eigenvalue weighted by molar-refractivity contribution is 6.27. The number of rotatable bonds is 4. The summed E-state index contributed by atoms with van der Waals surface area (Å²) in [6.45, 7) is 9.59. The van der Waals surface area contributed by atoms with Crippen molar-refractivity contribution in [1.29, 1.82) is 0 Å². The first-order valence-corrected chi connectivity index (χ1v) is 12.9. The first-order valence-electron chi connectivity index (χ1n) is 12.9. The van der Waals surface area contributed by atoms with Crippen molar-refractivity contribution >= 4 is 41.2 Å². The van der Waals surface area contributed by atoms with E-state index in [9.17, 15) is 19.8 Å². The van der Waals surface area contributed by atoms with Crippen LogP contribution in [0.25, 0.3) is 12.2 Å². The molecule has 204 valence electrons. The fourth-order valence-electron chi connectivity index (χ4n) is 5.65. The average Bonchev–Trinajstić information content (AvgIpc) is 3.71. The topological polar surface area (TPSA) is 137 Å². The van der Waals surface area contributed by atoms with Crippen LogP contribution in [-0.4, -0.2) is 51.4 Å². The normalized spacial score (nSPS) is 21.3. The molecule has 0 saturated carbocycles. The van der Waals surface area contributed by atoms with Crippen LogP contribution in [0.3, 0.4) is 0 Å². The summed E-state index contributed by atoms with van der Waals surface area (Å²) in [7, 11) is 1.25. The molecule has 1 aliphatic carbocycles. The molecule has 1 atom stereocenters. The van der Waals surface area contributed by atoms with Gasteiger partial charge in [0.15, 0.2) is 0 Å². The molecule has 0 unspecified atom stereocenters. The minimum atomic E-state index is -1.17. The number of aliphatic hydroxyl groups excluding tert-OH is 1. The van der Waals surface area contributed by atoms with Crippen molar-refractivity contribution in [1.82, 2.24) is 4.98 Å². The maximum Gasteiger partial charge on any atom is 0.328 e. The van der Waals surface area contributed by atoms with Gasteiger partial charge in [0, 0.05) is 39.1 Å². The predicted octanol–water partition coefficient (Wildman–Crippen LogP) is 3.44. The van der Waals surface area contributed by atoms with Crippen molar-refractivity contribution in [3.63, 3.8) is 0 Å². The number of fused-ring (bicyclic) bond motifs is 5. The summed E-state index contributed by atoms with van der Waals surface area (Å²) in [5.41, 5.74) is 7.77. The van der Waals surface area contributed by atoms with Crippen LogP contribution in [0.4, 0.5) is 0 Å². The smallest absolute Gasteiger partial charge is 0.328 e. The SMILES string of the molecule is C=CC1=C(C)C2=CC3=NC(=C4C5=NC(=C(C)C5=C(O)[C@@H]4C(=O)OC)C=c4ccc([nH]4)=CC1=N2)C(/C=C/C(=O)O)=C3C. The van der Waals surface area contributed by atoms with Gasteiger partial charge in [-0.2, -0.15) is 0 Å². The van der Waals surface area contributed by atoms with Crippen LogP contribution < -0.4 is 10.7 Å². The number of methoxy groups -OCH3 is 1. The van der Waals surface area contributed by atoms with E-state index < -0.39 is 17.9 Å². The lowest BCUT2D eigenvalue weighted by Crippen LogP contribution is -2.20. The van der Waals surface area contributed by atoms with Gasteiger partial charge in [0.05, 0.1) is 41.3 Å². The second-order valence-corrected chi connectivity index (χ2v) is 10.1. The van der Waals surface area contributed by atoms with E-state index in [-0.39, 0.29) is 5.76 Å². The second-order valence-electron chi connectivity index (χ2n) is 10.1. The highest BCUT2D eigenvalue weighted by atomic mass is 16.5. The highest BCUT2D eigenvalue weighted by Crippen LogP contribution is 2.47. The molecule has 0 amide bonds. The highest BCUT2D eigenvalue weighted by Gasteiger charge is 2.47. The summed E-state index contributed by atoms with van der Waals surface area (Å²) in [4.78, 5) is 42.6. The number of carbonyl (C=O) groups is 2. The lowest BCUT2D eigenvalue weighted by Gasteiger charge is -2.14. The number of allylic oxidation sites excluding steroid dienone is 9. The van der Waals surface area contributed by atoms with Gasteiger partial charge >= 0.3 is 11.9 Å². The fraction of sp³-hybridized carbons (Fsp3) is 0.156. The zero-order chi connectivity index (χ0) is 29.2. The van der Waals surface area contributed by atoms with Gasteiger partial charge < -0.3 is 19.9 Å². The lowest BCUT2D eigenvalue weighted by molar-refractivity contribution is -0.143. The summed E-state index contributed by atoms with van der Waals surface area (Å²) in [5, 5.41) is 22.5. The van der Waals surface area contributed by atoms with Crippen LogP contribution in [-0.2, 0) is 14.3 Å². The van der Waals surface area contributed by atoms with E-state index in [1.807, 2.05) is 51.1 Å². The number of hydrogen-bond acceptors (Lipinski definition) is 7. The maximum atomic E-state index is 13.1. The van der Waals surface area contributed by atoms with E-state index in [0.717, 1.165) is 33.6 Å². The Morgan fingerprint density at radius 1 is 0.976 bits per heavy atom. The largest absolute Gasteiger partial charge is 0.510 e. The van der Waals surface area contributed by atoms with E-state index in [2.05, 4.69) is 11.6 Å². The molecule has 41 heavy (non-hydrogen) atoms. The van der Waals surface area contributed by atoms with Crippen LogP contribution >= 0.6 is 0 Å². The Kier molecular flexibility index (Phi) is 5.95. The molecule has 8 bridgehead atoms. The number of carbonyl (C=O) groups excluding carboxylic acids is 1. The van der Waals surface area contributed by atoms with Crippen LogP contribution in [0.1, 0.15) is 20.8 Å². The number of esters is 1. The Morgan fingerprint density at radius 2 is 1.71 bits per heavy atom. The molecule has 5 heterocycles. The van der Waals surface area contributed by atoms with E-state index in [0.29, 0.717) is 56.4 Å². The molecule has 4 aliphatic heterocycles. The predicted molar refractivity (Wildman–Crippen MR) is 157 cm³/mol. The number of H-pyrrole nitrogens is 1. The molecule has 0 spiro atoms. The molecule has 0 aromatic carbocycles. The Hall–Kier alpha value is -5.31. The standard InChI is InChI=1S/C32H26N4O5/c1-6-19-14(2)22-13-23-15(3)20(9-10-25(37)38)29(35-23)27-28(32(40)41-5)31(39)26-16(4)21(36-30(26)27)11-17-7-8-18(33-17)12-24(19)34-22/h6-13,28,33,39H,1H2,2-5H3,(H,37,38)/b10-9+,17-11?,18-12?,22-13?,29-27?/t28-/m1/s1. The number of carboxylic acid groups (broad SMARTS) is 1. The number of aliphatic hydroxyl groups is 1. The molecular formula is C32H26N4O5. The first kappa shape index (κ1) is 25.9. The number of aliphatic carboxylic acids is 1. The van der Waals surface area contributed by atoms with E-state index in [1.165, 1.54) is 13.2 Å². The van der Waals surface area contributed by atoms with Crippen molar-refractivity contribution in [2.75, 3.05) is 7.11 Å². The van der Waals surface area contributed by atoms with Gasteiger partial charge in [-0.25, -0.2) is 19.8 Å². The molecule has 1 aromatic rings. The molecule has 9 heteroatoms. The number of aromatic nitrogens is 1.